The quantitative estimate of drug-likeness (QED) is 0.466. The van der Waals surface area contributed by atoms with Gasteiger partial charge in [0, 0.05) is 31.1 Å². The fourth-order valence-corrected chi connectivity index (χ4v) is 5.95. The summed E-state index contributed by atoms with van der Waals surface area (Å²) in [6, 6.07) is 20.7. The molecule has 160 valence electrons. The van der Waals surface area contributed by atoms with E-state index in [1.807, 2.05) is 12.1 Å². The molecule has 0 radical (unpaired) electrons. The summed E-state index contributed by atoms with van der Waals surface area (Å²) < 4.78 is 0. The second-order valence-electron chi connectivity index (χ2n) is 8.83. The lowest BCUT2D eigenvalue weighted by Crippen LogP contribution is -2.39. The molecule has 1 aliphatic carbocycles. The molecule has 2 aliphatic rings. The summed E-state index contributed by atoms with van der Waals surface area (Å²) in [6.45, 7) is 1.32. The third kappa shape index (κ3) is 3.31. The van der Waals surface area contributed by atoms with Gasteiger partial charge in [0.25, 0.3) is 0 Å². The fraction of sp³-hybridized carbons (Fsp3) is 0.269. The lowest BCUT2D eigenvalue weighted by atomic mass is 9.86. The van der Waals surface area contributed by atoms with Crippen molar-refractivity contribution in [1.29, 1.82) is 0 Å². The molecule has 5 nitrogen and oxygen atoms in total. The van der Waals surface area contributed by atoms with Gasteiger partial charge in [-0.25, -0.2) is 9.97 Å². The molecule has 2 aromatic carbocycles. The van der Waals surface area contributed by atoms with Crippen molar-refractivity contribution >= 4 is 27.7 Å². The maximum atomic E-state index is 12.2. The normalized spacial score (nSPS) is 17.9. The van der Waals surface area contributed by atoms with Gasteiger partial charge in [0.15, 0.2) is 0 Å². The number of pyridine rings is 1. The van der Waals surface area contributed by atoms with Crippen LogP contribution in [0.5, 0.6) is 0 Å². The van der Waals surface area contributed by atoms with Crippen LogP contribution in [0.2, 0.25) is 0 Å². The SMILES string of the molecule is O=C(O)C(Cc1nc2cccnc2s1)N1Cc2ccc(C3(c4ccccc4)CC3)cc2C1. The van der Waals surface area contributed by atoms with E-state index < -0.39 is 12.0 Å². The monoisotopic (exact) mass is 441 g/mol. The molecule has 0 bridgehead atoms. The first kappa shape index (κ1) is 19.6. The van der Waals surface area contributed by atoms with Crippen LogP contribution in [-0.4, -0.2) is 32.0 Å². The van der Waals surface area contributed by atoms with E-state index >= 15 is 0 Å². The number of carboxylic acid groups (broad SMARTS) is 1. The summed E-state index contributed by atoms with van der Waals surface area (Å²) in [5, 5.41) is 10.8. The van der Waals surface area contributed by atoms with Gasteiger partial charge in [0.1, 0.15) is 16.4 Å². The van der Waals surface area contributed by atoms with E-state index in [4.69, 9.17) is 0 Å². The minimum Gasteiger partial charge on any atom is -0.480 e. The largest absolute Gasteiger partial charge is 0.480 e. The van der Waals surface area contributed by atoms with E-state index in [-0.39, 0.29) is 5.41 Å². The van der Waals surface area contributed by atoms with Gasteiger partial charge in [-0.15, -0.1) is 0 Å². The number of thiazole rings is 1. The molecule has 6 heteroatoms. The van der Waals surface area contributed by atoms with Gasteiger partial charge in [-0.2, -0.15) is 0 Å². The topological polar surface area (TPSA) is 66.3 Å². The Morgan fingerprint density at radius 3 is 2.59 bits per heavy atom. The summed E-state index contributed by atoms with van der Waals surface area (Å²) in [7, 11) is 0. The Morgan fingerprint density at radius 2 is 1.84 bits per heavy atom. The van der Waals surface area contributed by atoms with Crippen molar-refractivity contribution in [3.63, 3.8) is 0 Å². The highest BCUT2D eigenvalue weighted by atomic mass is 32.1. The van der Waals surface area contributed by atoms with Crippen LogP contribution in [0.4, 0.5) is 0 Å². The molecule has 4 aromatic rings. The Bertz CT molecular complexity index is 1280. The van der Waals surface area contributed by atoms with Gasteiger partial charge in [0.05, 0.1) is 5.01 Å². The molecule has 32 heavy (non-hydrogen) atoms. The van der Waals surface area contributed by atoms with Gasteiger partial charge in [-0.1, -0.05) is 59.9 Å². The van der Waals surface area contributed by atoms with E-state index in [2.05, 4.69) is 63.4 Å². The second kappa shape index (κ2) is 7.50. The fourth-order valence-electron chi connectivity index (χ4n) is 5.01. The number of carbonyl (C=O) groups is 1. The van der Waals surface area contributed by atoms with Gasteiger partial charge >= 0.3 is 5.97 Å². The van der Waals surface area contributed by atoms with Crippen molar-refractivity contribution in [2.45, 2.75) is 43.8 Å². The number of fused-ring (bicyclic) bond motifs is 2. The smallest absolute Gasteiger partial charge is 0.321 e. The Hall–Kier alpha value is -3.09. The summed E-state index contributed by atoms with van der Waals surface area (Å²) in [5.41, 5.74) is 6.18. The van der Waals surface area contributed by atoms with Crippen LogP contribution in [0.15, 0.2) is 66.9 Å². The minimum absolute atomic E-state index is 0.129. The van der Waals surface area contributed by atoms with Crippen molar-refractivity contribution in [1.82, 2.24) is 14.9 Å². The van der Waals surface area contributed by atoms with E-state index in [1.165, 1.54) is 46.4 Å². The molecule has 1 fully saturated rings. The molecule has 1 saturated carbocycles. The molecule has 0 spiro atoms. The second-order valence-corrected chi connectivity index (χ2v) is 9.89. The standard InChI is InChI=1S/C26H23N3O2S/c30-25(31)22(14-23-28-21-7-4-12-27-24(21)32-23)29-15-17-8-9-20(13-18(17)16-29)26(10-11-26)19-5-2-1-3-6-19/h1-9,12-13,22H,10-11,14-16H2,(H,30,31). The maximum Gasteiger partial charge on any atom is 0.321 e. The van der Waals surface area contributed by atoms with E-state index in [1.54, 1.807) is 6.20 Å². The summed E-state index contributed by atoms with van der Waals surface area (Å²) >= 11 is 1.49. The molecule has 1 N–H and O–H groups in total. The minimum atomic E-state index is -0.798. The maximum absolute atomic E-state index is 12.2. The molecule has 2 aromatic heterocycles. The summed E-state index contributed by atoms with van der Waals surface area (Å²) in [6.07, 6.45) is 4.48. The van der Waals surface area contributed by atoms with Crippen molar-refractivity contribution in [2.75, 3.05) is 0 Å². The number of carboxylic acids is 1. The van der Waals surface area contributed by atoms with Crippen LogP contribution >= 0.6 is 11.3 Å². The lowest BCUT2D eigenvalue weighted by Gasteiger charge is -2.22. The molecular formula is C26H23N3O2S. The number of aliphatic carboxylic acids is 1. The van der Waals surface area contributed by atoms with Crippen LogP contribution in [0.1, 0.15) is 40.1 Å². The van der Waals surface area contributed by atoms with Crippen molar-refractivity contribution < 1.29 is 9.90 Å². The average molecular weight is 442 g/mol. The molecule has 6 rings (SSSR count). The van der Waals surface area contributed by atoms with Crippen LogP contribution in [0.3, 0.4) is 0 Å². The first-order chi connectivity index (χ1) is 15.6. The Balaban J connectivity index is 1.25. The van der Waals surface area contributed by atoms with Crippen molar-refractivity contribution in [3.05, 3.63) is 94.1 Å². The lowest BCUT2D eigenvalue weighted by molar-refractivity contribution is -0.143. The van der Waals surface area contributed by atoms with Gasteiger partial charge < -0.3 is 5.11 Å². The molecule has 1 unspecified atom stereocenters. The first-order valence-electron chi connectivity index (χ1n) is 11.0. The van der Waals surface area contributed by atoms with Gasteiger partial charge in [0.2, 0.25) is 0 Å². The van der Waals surface area contributed by atoms with E-state index in [0.29, 0.717) is 19.5 Å². The average Bonchev–Trinajstić information content (AvgIpc) is 3.35. The first-order valence-corrected chi connectivity index (χ1v) is 11.8. The summed E-state index contributed by atoms with van der Waals surface area (Å²) in [5.74, 6) is -0.798. The molecule has 1 atom stereocenters. The van der Waals surface area contributed by atoms with Crippen molar-refractivity contribution in [2.24, 2.45) is 0 Å². The van der Waals surface area contributed by atoms with Crippen LogP contribution < -0.4 is 0 Å². The van der Waals surface area contributed by atoms with E-state index in [0.717, 1.165) is 15.4 Å². The predicted molar refractivity (Wildman–Crippen MR) is 125 cm³/mol. The predicted octanol–water partition coefficient (Wildman–Crippen LogP) is 4.78. The third-order valence-electron chi connectivity index (χ3n) is 6.89. The number of hydrogen-bond donors (Lipinski definition) is 1. The molecule has 1 aliphatic heterocycles. The Kier molecular flexibility index (Phi) is 4.59. The number of aromatic nitrogens is 2. The highest BCUT2D eigenvalue weighted by Crippen LogP contribution is 2.53. The zero-order valence-corrected chi connectivity index (χ0v) is 18.4. The van der Waals surface area contributed by atoms with Gasteiger partial charge in [-0.05, 0) is 47.2 Å². The van der Waals surface area contributed by atoms with E-state index in [9.17, 15) is 9.90 Å². The van der Waals surface area contributed by atoms with Crippen molar-refractivity contribution in [3.8, 4) is 0 Å². The van der Waals surface area contributed by atoms with Gasteiger partial charge in [-0.3, -0.25) is 9.69 Å². The zero-order valence-electron chi connectivity index (χ0n) is 17.6. The number of hydrogen-bond acceptors (Lipinski definition) is 5. The van der Waals surface area contributed by atoms with Crippen LogP contribution in [0, 0.1) is 0 Å². The molecule has 0 saturated heterocycles. The molecule has 3 heterocycles. The zero-order chi connectivity index (χ0) is 21.7. The third-order valence-corrected chi connectivity index (χ3v) is 7.89. The number of nitrogens with zero attached hydrogens (tertiary/aromatic N) is 3. The highest BCUT2D eigenvalue weighted by molar-refractivity contribution is 7.18. The summed E-state index contributed by atoms with van der Waals surface area (Å²) in [4.78, 5) is 24.1. The van der Waals surface area contributed by atoms with Crippen LogP contribution in [0.25, 0.3) is 10.3 Å². The number of rotatable bonds is 6. The Labute approximate surface area is 190 Å². The Morgan fingerprint density at radius 1 is 1.03 bits per heavy atom. The van der Waals surface area contributed by atoms with Crippen LogP contribution in [-0.2, 0) is 29.7 Å². The molecule has 0 amide bonds. The highest BCUT2D eigenvalue weighted by Gasteiger charge is 2.46. The molecular weight excluding hydrogens is 418 g/mol. The number of benzene rings is 2.